The molecular weight excluding hydrogens is 565 g/mol. The van der Waals surface area contributed by atoms with Gasteiger partial charge in [-0.05, 0) is 80.4 Å². The van der Waals surface area contributed by atoms with Crippen molar-refractivity contribution in [2.45, 2.75) is 29.5 Å². The number of fused-ring (bicyclic) bond motifs is 12. The molecule has 3 heteroatoms. The van der Waals surface area contributed by atoms with Crippen LogP contribution < -0.4 is 5.32 Å². The van der Waals surface area contributed by atoms with Crippen LogP contribution in [-0.4, -0.2) is 4.57 Å². The summed E-state index contributed by atoms with van der Waals surface area (Å²) in [5.41, 5.74) is 11.7. The monoisotopic (exact) mass is 594 g/mol. The van der Waals surface area contributed by atoms with Gasteiger partial charge in [-0.3, -0.25) is 0 Å². The van der Waals surface area contributed by atoms with Gasteiger partial charge in [-0.25, -0.2) is 0 Å². The molecular formula is C42H30N2S. The lowest BCUT2D eigenvalue weighted by Crippen LogP contribution is -2.15. The molecule has 8 aromatic rings. The molecule has 214 valence electrons. The first-order valence-corrected chi connectivity index (χ1v) is 16.6. The van der Waals surface area contributed by atoms with E-state index in [2.05, 4.69) is 157 Å². The van der Waals surface area contributed by atoms with Crippen molar-refractivity contribution in [2.24, 2.45) is 0 Å². The van der Waals surface area contributed by atoms with Gasteiger partial charge in [0, 0.05) is 32.2 Å². The highest BCUT2D eigenvalue weighted by molar-refractivity contribution is 8.00. The number of hydrogen-bond acceptors (Lipinski definition) is 2. The summed E-state index contributed by atoms with van der Waals surface area (Å²) in [5, 5.41) is 12.0. The van der Waals surface area contributed by atoms with E-state index < -0.39 is 0 Å². The predicted octanol–water partition coefficient (Wildman–Crippen LogP) is 11.6. The number of rotatable bonds is 2. The van der Waals surface area contributed by atoms with Gasteiger partial charge < -0.3 is 9.88 Å². The molecule has 45 heavy (non-hydrogen) atoms. The van der Waals surface area contributed by atoms with Crippen molar-refractivity contribution >= 4 is 60.8 Å². The van der Waals surface area contributed by atoms with Gasteiger partial charge in [0.1, 0.15) is 5.37 Å². The molecule has 0 fully saturated rings. The van der Waals surface area contributed by atoms with Crippen LogP contribution in [-0.2, 0) is 5.41 Å². The molecule has 10 rings (SSSR count). The minimum absolute atomic E-state index is 0.156. The maximum absolute atomic E-state index is 3.91. The Morgan fingerprint density at radius 1 is 0.622 bits per heavy atom. The number of para-hydroxylation sites is 2. The van der Waals surface area contributed by atoms with Crippen molar-refractivity contribution in [3.63, 3.8) is 0 Å². The molecule has 0 saturated heterocycles. The van der Waals surface area contributed by atoms with Crippen LogP contribution in [0.3, 0.4) is 0 Å². The summed E-state index contributed by atoms with van der Waals surface area (Å²) < 4.78 is 2.44. The van der Waals surface area contributed by atoms with E-state index in [9.17, 15) is 0 Å². The smallest absolute Gasteiger partial charge is 0.103 e. The second-order valence-electron chi connectivity index (χ2n) is 13.0. The van der Waals surface area contributed by atoms with E-state index in [0.717, 1.165) is 0 Å². The summed E-state index contributed by atoms with van der Waals surface area (Å²) in [6, 6.07) is 49.4. The van der Waals surface area contributed by atoms with Crippen LogP contribution in [0.4, 0.5) is 5.69 Å². The van der Waals surface area contributed by atoms with Gasteiger partial charge in [-0.1, -0.05) is 123 Å². The van der Waals surface area contributed by atoms with Gasteiger partial charge in [-0.2, -0.15) is 0 Å². The second-order valence-corrected chi connectivity index (χ2v) is 14.1. The third kappa shape index (κ3) is 3.42. The van der Waals surface area contributed by atoms with Crippen LogP contribution in [0.15, 0.2) is 138 Å². The molecule has 2 nitrogen and oxygen atoms in total. The second kappa shape index (κ2) is 9.03. The molecule has 0 bridgehead atoms. The summed E-state index contributed by atoms with van der Waals surface area (Å²) in [4.78, 5) is 1.32. The molecule has 0 amide bonds. The molecule has 1 aromatic heterocycles. The highest BCUT2D eigenvalue weighted by Crippen LogP contribution is 2.56. The first kappa shape index (κ1) is 25.3. The minimum atomic E-state index is -0.156. The van der Waals surface area contributed by atoms with Crippen molar-refractivity contribution < 1.29 is 0 Å². The van der Waals surface area contributed by atoms with E-state index in [1.54, 1.807) is 0 Å². The minimum Gasteiger partial charge on any atom is -0.368 e. The first-order valence-electron chi connectivity index (χ1n) is 15.7. The van der Waals surface area contributed by atoms with Gasteiger partial charge in [-0.15, -0.1) is 0 Å². The maximum Gasteiger partial charge on any atom is 0.103 e. The molecule has 2 heterocycles. The highest BCUT2D eigenvalue weighted by atomic mass is 32.2. The molecule has 1 N–H and O–H groups in total. The number of thioether (sulfide) groups is 1. The molecule has 1 unspecified atom stereocenters. The topological polar surface area (TPSA) is 17.0 Å². The Morgan fingerprint density at radius 2 is 1.36 bits per heavy atom. The van der Waals surface area contributed by atoms with E-state index in [1.165, 1.54) is 87.4 Å². The highest BCUT2D eigenvalue weighted by Gasteiger charge is 2.38. The lowest BCUT2D eigenvalue weighted by Gasteiger charge is -2.24. The molecule has 7 aromatic carbocycles. The first-order chi connectivity index (χ1) is 22.1. The zero-order valence-corrected chi connectivity index (χ0v) is 26.0. The van der Waals surface area contributed by atoms with Crippen molar-refractivity contribution in [1.29, 1.82) is 0 Å². The Morgan fingerprint density at radius 3 is 2.20 bits per heavy atom. The van der Waals surface area contributed by atoms with Crippen molar-refractivity contribution in [1.82, 2.24) is 4.57 Å². The van der Waals surface area contributed by atoms with Crippen LogP contribution in [0.25, 0.3) is 60.2 Å². The lowest BCUT2D eigenvalue weighted by molar-refractivity contribution is 0.667. The molecule has 0 saturated carbocycles. The number of anilines is 1. The Labute approximate surface area is 266 Å². The van der Waals surface area contributed by atoms with Crippen molar-refractivity contribution in [3.8, 4) is 16.8 Å². The summed E-state index contributed by atoms with van der Waals surface area (Å²) in [7, 11) is 0. The molecule has 1 aliphatic heterocycles. The van der Waals surface area contributed by atoms with Crippen molar-refractivity contribution in [2.75, 3.05) is 5.32 Å². The van der Waals surface area contributed by atoms with E-state index in [1.807, 2.05) is 11.8 Å². The number of nitrogens with zero attached hydrogens (tertiary/aromatic N) is 1. The largest absolute Gasteiger partial charge is 0.368 e. The van der Waals surface area contributed by atoms with Crippen LogP contribution >= 0.6 is 11.8 Å². The molecule has 0 radical (unpaired) electrons. The SMILES string of the molecule is CC1(C)c2cc3c(cc2-c2ccc4c(ccc5ccc6c(c54)NC(c4ccccc4)S6)c21)c1ccccc1n3-c1ccccc1. The van der Waals surface area contributed by atoms with Gasteiger partial charge >= 0.3 is 0 Å². The molecule has 2 aliphatic rings. The average molecular weight is 595 g/mol. The van der Waals surface area contributed by atoms with Gasteiger partial charge in [0.2, 0.25) is 0 Å². The summed E-state index contributed by atoms with van der Waals surface area (Å²) in [6.45, 7) is 4.83. The van der Waals surface area contributed by atoms with E-state index in [0.29, 0.717) is 0 Å². The summed E-state index contributed by atoms with van der Waals surface area (Å²) in [6.07, 6.45) is 0. The fourth-order valence-corrected chi connectivity index (χ4v) is 9.31. The zero-order chi connectivity index (χ0) is 29.9. The normalized spacial score (nSPS) is 16.3. The summed E-state index contributed by atoms with van der Waals surface area (Å²) >= 11 is 1.92. The molecule has 1 atom stereocenters. The number of hydrogen-bond donors (Lipinski definition) is 1. The Balaban J connectivity index is 1.21. The van der Waals surface area contributed by atoms with E-state index in [4.69, 9.17) is 0 Å². The van der Waals surface area contributed by atoms with Gasteiger partial charge in [0.25, 0.3) is 0 Å². The van der Waals surface area contributed by atoms with Crippen LogP contribution in [0.1, 0.15) is 35.9 Å². The Bertz CT molecular complexity index is 2510. The van der Waals surface area contributed by atoms with Gasteiger partial charge in [0.15, 0.2) is 0 Å². The number of nitrogens with one attached hydrogen (secondary N) is 1. The maximum atomic E-state index is 3.91. The fraction of sp³-hybridized carbons (Fsp3) is 0.0952. The third-order valence-corrected chi connectivity index (χ3v) is 11.4. The number of benzene rings is 7. The van der Waals surface area contributed by atoms with Gasteiger partial charge in [0.05, 0.1) is 16.7 Å². The van der Waals surface area contributed by atoms with E-state index in [-0.39, 0.29) is 10.8 Å². The zero-order valence-electron chi connectivity index (χ0n) is 25.1. The van der Waals surface area contributed by atoms with Crippen LogP contribution in [0.2, 0.25) is 0 Å². The molecule has 1 aliphatic carbocycles. The summed E-state index contributed by atoms with van der Waals surface area (Å²) in [5.74, 6) is 0. The number of aromatic nitrogens is 1. The Hall–Kier alpha value is -4.99. The fourth-order valence-electron chi connectivity index (χ4n) is 8.16. The van der Waals surface area contributed by atoms with Crippen molar-refractivity contribution in [3.05, 3.63) is 150 Å². The van der Waals surface area contributed by atoms with E-state index >= 15 is 0 Å². The predicted molar refractivity (Wildman–Crippen MR) is 192 cm³/mol. The lowest BCUT2D eigenvalue weighted by atomic mass is 9.79. The van der Waals surface area contributed by atoms with Crippen LogP contribution in [0, 0.1) is 0 Å². The third-order valence-electron chi connectivity index (χ3n) is 10.2. The Kier molecular flexibility index (Phi) is 5.09. The standard InChI is InChI=1S/C42H30N2S/c1-42(2)34-24-36-33(28-15-9-10-16-35(28)44(36)27-13-7-4-8-14-27)23-32(34)31-21-20-29-30(39(31)42)19-17-25-18-22-37-40(38(25)29)43-41(45-37)26-11-5-3-6-12-26/h3-24,41,43H,1-2H3. The quantitative estimate of drug-likeness (QED) is 0.201. The van der Waals surface area contributed by atoms with Crippen LogP contribution in [0.5, 0.6) is 0 Å². The molecule has 0 spiro atoms. The average Bonchev–Trinajstić information content (AvgIpc) is 3.73.